The molecule has 1 aromatic heterocycles. The van der Waals surface area contributed by atoms with Crippen LogP contribution in [0.3, 0.4) is 0 Å². The normalized spacial score (nSPS) is 13.7. The number of ether oxygens (including phenoxy) is 1. The number of nitrogens with zero attached hydrogens (tertiary/aromatic N) is 4. The number of carbonyl (C=O) groups is 2. The van der Waals surface area contributed by atoms with Gasteiger partial charge in [-0.15, -0.1) is 10.2 Å². The molecule has 2 aromatic carbocycles. The molecule has 0 unspecified atom stereocenters. The molecule has 0 saturated carbocycles. The van der Waals surface area contributed by atoms with Crippen LogP contribution in [0.4, 0.5) is 5.69 Å². The number of benzene rings is 2. The van der Waals surface area contributed by atoms with Crippen molar-refractivity contribution in [2.45, 2.75) is 5.16 Å². The van der Waals surface area contributed by atoms with Crippen LogP contribution in [-0.2, 0) is 16.6 Å². The highest BCUT2D eigenvalue weighted by Crippen LogP contribution is 2.30. The summed E-state index contributed by atoms with van der Waals surface area (Å²) >= 11 is 13.5. The molecule has 1 aliphatic heterocycles. The largest absolute Gasteiger partial charge is 0.378 e. The summed E-state index contributed by atoms with van der Waals surface area (Å²) in [5, 5.41) is 12.8. The molecule has 11 heteroatoms. The van der Waals surface area contributed by atoms with E-state index in [1.807, 2.05) is 0 Å². The van der Waals surface area contributed by atoms with E-state index in [4.69, 9.17) is 27.9 Å². The molecule has 0 bridgehead atoms. The fraction of sp³-hybridized carbons (Fsp3) is 0.273. The van der Waals surface area contributed by atoms with Gasteiger partial charge in [0.2, 0.25) is 5.91 Å². The second-order valence-corrected chi connectivity index (χ2v) is 9.10. The minimum Gasteiger partial charge on any atom is -0.378 e. The van der Waals surface area contributed by atoms with Gasteiger partial charge in [-0.3, -0.25) is 9.59 Å². The molecule has 2 heterocycles. The molecule has 1 fully saturated rings. The van der Waals surface area contributed by atoms with Gasteiger partial charge in [-0.25, -0.2) is 0 Å². The average molecular weight is 506 g/mol. The van der Waals surface area contributed by atoms with Crippen molar-refractivity contribution in [3.05, 3.63) is 58.1 Å². The Kier molecular flexibility index (Phi) is 7.54. The van der Waals surface area contributed by atoms with Crippen molar-refractivity contribution in [3.63, 3.8) is 0 Å². The van der Waals surface area contributed by atoms with E-state index in [1.54, 1.807) is 59.0 Å². The van der Waals surface area contributed by atoms with E-state index in [-0.39, 0.29) is 17.6 Å². The number of nitrogens with one attached hydrogen (secondary N) is 1. The number of morpholine rings is 1. The van der Waals surface area contributed by atoms with Crippen LogP contribution in [-0.4, -0.2) is 63.5 Å². The summed E-state index contributed by atoms with van der Waals surface area (Å²) in [5.74, 6) is 0.414. The van der Waals surface area contributed by atoms with E-state index in [2.05, 4.69) is 15.5 Å². The number of halogens is 2. The lowest BCUT2D eigenvalue weighted by atomic mass is 10.1. The Bertz CT molecular complexity index is 1180. The summed E-state index contributed by atoms with van der Waals surface area (Å²) in [7, 11) is 1.81. The summed E-state index contributed by atoms with van der Waals surface area (Å²) in [6.45, 7) is 2.20. The van der Waals surface area contributed by atoms with Crippen LogP contribution in [0.1, 0.15) is 10.4 Å². The molecular weight excluding hydrogens is 485 g/mol. The predicted molar refractivity (Wildman–Crippen MR) is 129 cm³/mol. The Hall–Kier alpha value is -2.59. The molecule has 33 heavy (non-hydrogen) atoms. The van der Waals surface area contributed by atoms with Crippen molar-refractivity contribution in [1.29, 1.82) is 0 Å². The lowest BCUT2D eigenvalue weighted by Crippen LogP contribution is -2.40. The number of aromatic nitrogens is 3. The van der Waals surface area contributed by atoms with Crippen LogP contribution in [0, 0.1) is 0 Å². The number of hydrogen-bond donors (Lipinski definition) is 1. The molecule has 4 rings (SSSR count). The average Bonchev–Trinajstić information content (AvgIpc) is 3.18. The Morgan fingerprint density at radius 2 is 1.91 bits per heavy atom. The van der Waals surface area contributed by atoms with Crippen molar-refractivity contribution >= 4 is 52.5 Å². The molecular formula is C22H21Cl2N5O3S. The maximum atomic E-state index is 12.7. The first-order chi connectivity index (χ1) is 15.9. The van der Waals surface area contributed by atoms with E-state index in [0.29, 0.717) is 64.1 Å². The highest BCUT2D eigenvalue weighted by molar-refractivity contribution is 7.99. The first-order valence-corrected chi connectivity index (χ1v) is 11.9. The van der Waals surface area contributed by atoms with Crippen LogP contribution in [0.15, 0.2) is 47.6 Å². The fourth-order valence-corrected chi connectivity index (χ4v) is 4.56. The van der Waals surface area contributed by atoms with Crippen molar-refractivity contribution in [2.75, 3.05) is 37.4 Å². The van der Waals surface area contributed by atoms with Gasteiger partial charge in [0.1, 0.15) is 0 Å². The third kappa shape index (κ3) is 5.67. The number of carbonyl (C=O) groups excluding carboxylic acids is 2. The maximum Gasteiger partial charge on any atom is 0.254 e. The third-order valence-corrected chi connectivity index (χ3v) is 6.60. The minimum absolute atomic E-state index is 0.0729. The molecule has 0 atom stereocenters. The Morgan fingerprint density at radius 1 is 1.12 bits per heavy atom. The Balaban J connectivity index is 1.37. The molecule has 0 aliphatic carbocycles. The molecule has 8 nitrogen and oxygen atoms in total. The van der Waals surface area contributed by atoms with Crippen molar-refractivity contribution in [3.8, 4) is 11.4 Å². The van der Waals surface area contributed by atoms with E-state index < -0.39 is 0 Å². The second-order valence-electron chi connectivity index (χ2n) is 7.31. The first-order valence-electron chi connectivity index (χ1n) is 10.2. The van der Waals surface area contributed by atoms with Crippen LogP contribution in [0.2, 0.25) is 10.0 Å². The first kappa shape index (κ1) is 23.6. The van der Waals surface area contributed by atoms with Crippen LogP contribution in [0.25, 0.3) is 11.4 Å². The molecule has 172 valence electrons. The van der Waals surface area contributed by atoms with Crippen LogP contribution in [0.5, 0.6) is 0 Å². The van der Waals surface area contributed by atoms with Gasteiger partial charge in [-0.2, -0.15) is 0 Å². The molecule has 0 spiro atoms. The molecule has 2 amide bonds. The number of amides is 2. The van der Waals surface area contributed by atoms with Gasteiger partial charge in [0.05, 0.1) is 24.0 Å². The molecule has 1 aliphatic rings. The summed E-state index contributed by atoms with van der Waals surface area (Å²) in [5.41, 5.74) is 1.79. The highest BCUT2D eigenvalue weighted by atomic mass is 35.5. The molecule has 1 N–H and O–H groups in total. The SMILES string of the molecule is Cn1c(SCC(=O)Nc2cccc(C(=O)N3CCOCC3)c2)nnc1-c1ccc(Cl)cc1Cl. The van der Waals surface area contributed by atoms with Gasteiger partial charge in [0.25, 0.3) is 5.91 Å². The zero-order chi connectivity index (χ0) is 23.4. The second kappa shape index (κ2) is 10.6. The van der Waals surface area contributed by atoms with Gasteiger partial charge in [0, 0.05) is 42.0 Å². The van der Waals surface area contributed by atoms with E-state index in [0.717, 1.165) is 0 Å². The van der Waals surface area contributed by atoms with Crippen LogP contribution >= 0.6 is 35.0 Å². The standard InChI is InChI=1S/C22H21Cl2N5O3S/c1-28-20(17-6-5-15(23)12-18(17)24)26-27-22(28)33-13-19(30)25-16-4-2-3-14(11-16)21(31)29-7-9-32-10-8-29/h2-6,11-12H,7-10,13H2,1H3,(H,25,30). The minimum atomic E-state index is -0.218. The van der Waals surface area contributed by atoms with E-state index in [1.165, 1.54) is 11.8 Å². The summed E-state index contributed by atoms with van der Waals surface area (Å²) in [6, 6.07) is 12.1. The monoisotopic (exact) mass is 505 g/mol. The predicted octanol–water partition coefficient (Wildman–Crippen LogP) is 3.99. The van der Waals surface area contributed by atoms with Crippen LogP contribution < -0.4 is 5.32 Å². The van der Waals surface area contributed by atoms with Gasteiger partial charge in [-0.1, -0.05) is 41.0 Å². The molecule has 1 saturated heterocycles. The molecule has 3 aromatic rings. The number of thioether (sulfide) groups is 1. The number of rotatable bonds is 6. The summed E-state index contributed by atoms with van der Waals surface area (Å²) in [4.78, 5) is 26.9. The number of hydrogen-bond acceptors (Lipinski definition) is 6. The quantitative estimate of drug-likeness (QED) is 0.509. The zero-order valence-corrected chi connectivity index (χ0v) is 20.1. The van der Waals surface area contributed by atoms with Crippen molar-refractivity contribution in [2.24, 2.45) is 7.05 Å². The number of anilines is 1. The van der Waals surface area contributed by atoms with Gasteiger partial charge in [-0.05, 0) is 36.4 Å². The third-order valence-electron chi connectivity index (χ3n) is 5.03. The topological polar surface area (TPSA) is 89.4 Å². The highest BCUT2D eigenvalue weighted by Gasteiger charge is 2.19. The van der Waals surface area contributed by atoms with Gasteiger partial charge >= 0.3 is 0 Å². The summed E-state index contributed by atoms with van der Waals surface area (Å²) < 4.78 is 7.07. The van der Waals surface area contributed by atoms with Gasteiger partial charge < -0.3 is 19.5 Å². The van der Waals surface area contributed by atoms with E-state index in [9.17, 15) is 9.59 Å². The van der Waals surface area contributed by atoms with E-state index >= 15 is 0 Å². The molecule has 0 radical (unpaired) electrons. The summed E-state index contributed by atoms with van der Waals surface area (Å²) in [6.07, 6.45) is 0. The van der Waals surface area contributed by atoms with Crippen molar-refractivity contribution < 1.29 is 14.3 Å². The van der Waals surface area contributed by atoms with Gasteiger partial charge in [0.15, 0.2) is 11.0 Å². The van der Waals surface area contributed by atoms with Crippen molar-refractivity contribution in [1.82, 2.24) is 19.7 Å². The zero-order valence-electron chi connectivity index (χ0n) is 17.8. The Labute approximate surface area is 205 Å². The fourth-order valence-electron chi connectivity index (χ4n) is 3.35. The lowest BCUT2D eigenvalue weighted by Gasteiger charge is -2.27. The Morgan fingerprint density at radius 3 is 2.67 bits per heavy atom. The maximum absolute atomic E-state index is 12.7. The lowest BCUT2D eigenvalue weighted by molar-refractivity contribution is -0.113. The smallest absolute Gasteiger partial charge is 0.254 e.